The van der Waals surface area contributed by atoms with Crippen LogP contribution in [0.15, 0.2) is 16.5 Å². The highest BCUT2D eigenvalue weighted by molar-refractivity contribution is 7.16. The molecule has 0 N–H and O–H groups in total. The zero-order chi connectivity index (χ0) is 15.5. The molecule has 6 nitrogen and oxygen atoms in total. The zero-order valence-corrected chi connectivity index (χ0v) is 13.7. The van der Waals surface area contributed by atoms with Crippen LogP contribution in [0.2, 0.25) is 4.34 Å². The number of aryl methyl sites for hydroxylation is 2. The highest BCUT2D eigenvalue weighted by Crippen LogP contribution is 2.24. The summed E-state index contributed by atoms with van der Waals surface area (Å²) in [5.74, 6) is 1.03. The molecule has 0 aromatic carbocycles. The standard InChI is InChI=1S/C14H16ClN3O3S/c1-9-16-17-14(21-9)11-8-18(6-7-20-11)13(19)5-3-10-2-4-12(15)22-10/h2,4,11H,3,5-8H2,1H3/t11-/m1/s1. The van der Waals surface area contributed by atoms with Crippen LogP contribution in [-0.4, -0.2) is 40.7 Å². The normalized spacial score (nSPS) is 18.6. The average molecular weight is 342 g/mol. The van der Waals surface area contributed by atoms with Crippen molar-refractivity contribution in [2.75, 3.05) is 19.7 Å². The van der Waals surface area contributed by atoms with E-state index < -0.39 is 0 Å². The number of halogens is 1. The van der Waals surface area contributed by atoms with E-state index in [1.54, 1.807) is 11.8 Å². The summed E-state index contributed by atoms with van der Waals surface area (Å²) in [4.78, 5) is 15.3. The van der Waals surface area contributed by atoms with E-state index in [4.69, 9.17) is 20.8 Å². The zero-order valence-electron chi connectivity index (χ0n) is 12.1. The third-order valence-corrected chi connectivity index (χ3v) is 4.74. The highest BCUT2D eigenvalue weighted by atomic mass is 35.5. The third kappa shape index (κ3) is 3.66. The van der Waals surface area contributed by atoms with Crippen LogP contribution in [0.3, 0.4) is 0 Å². The number of aromatic nitrogens is 2. The lowest BCUT2D eigenvalue weighted by Gasteiger charge is -2.31. The van der Waals surface area contributed by atoms with Gasteiger partial charge in [-0.2, -0.15) is 0 Å². The number of ether oxygens (including phenoxy) is 1. The monoisotopic (exact) mass is 341 g/mol. The molecular formula is C14H16ClN3O3S. The molecule has 118 valence electrons. The van der Waals surface area contributed by atoms with Gasteiger partial charge < -0.3 is 14.1 Å². The summed E-state index contributed by atoms with van der Waals surface area (Å²) < 4.78 is 11.8. The molecule has 3 rings (SSSR count). The van der Waals surface area contributed by atoms with Crippen LogP contribution in [0, 0.1) is 6.92 Å². The van der Waals surface area contributed by atoms with Gasteiger partial charge in [-0.15, -0.1) is 21.5 Å². The molecule has 1 aliphatic heterocycles. The van der Waals surface area contributed by atoms with Gasteiger partial charge in [0.1, 0.15) is 0 Å². The molecule has 1 fully saturated rings. The lowest BCUT2D eigenvalue weighted by molar-refractivity contribution is -0.139. The minimum atomic E-state index is -0.338. The predicted molar refractivity (Wildman–Crippen MR) is 82.0 cm³/mol. The molecule has 3 heterocycles. The molecule has 1 amide bonds. The molecule has 0 saturated carbocycles. The summed E-state index contributed by atoms with van der Waals surface area (Å²) in [6.07, 6.45) is 0.833. The minimum absolute atomic E-state index is 0.106. The fourth-order valence-corrected chi connectivity index (χ4v) is 3.43. The fraction of sp³-hybridized carbons (Fsp3) is 0.500. The number of morpholine rings is 1. The summed E-state index contributed by atoms with van der Waals surface area (Å²) >= 11 is 7.41. The average Bonchev–Trinajstić information content (AvgIpc) is 3.13. The lowest BCUT2D eigenvalue weighted by Crippen LogP contribution is -2.42. The Kier molecular flexibility index (Phi) is 4.75. The molecule has 0 spiro atoms. The van der Waals surface area contributed by atoms with Gasteiger partial charge in [-0.3, -0.25) is 4.79 Å². The van der Waals surface area contributed by atoms with Crippen molar-refractivity contribution >= 4 is 28.8 Å². The number of carbonyl (C=O) groups excluding carboxylic acids is 1. The molecule has 1 atom stereocenters. The van der Waals surface area contributed by atoms with Crippen molar-refractivity contribution in [2.45, 2.75) is 25.9 Å². The largest absolute Gasteiger partial charge is 0.423 e. The maximum Gasteiger partial charge on any atom is 0.246 e. The molecule has 0 bridgehead atoms. The van der Waals surface area contributed by atoms with E-state index in [9.17, 15) is 4.79 Å². The Morgan fingerprint density at radius 2 is 2.36 bits per heavy atom. The van der Waals surface area contributed by atoms with Crippen LogP contribution in [0.25, 0.3) is 0 Å². The van der Waals surface area contributed by atoms with Gasteiger partial charge >= 0.3 is 0 Å². The molecule has 1 aliphatic rings. The molecule has 0 aliphatic carbocycles. The molecular weight excluding hydrogens is 326 g/mol. The molecule has 0 unspecified atom stereocenters. The van der Waals surface area contributed by atoms with Crippen LogP contribution < -0.4 is 0 Å². The molecule has 0 radical (unpaired) electrons. The first kappa shape index (κ1) is 15.5. The van der Waals surface area contributed by atoms with Crippen LogP contribution in [0.4, 0.5) is 0 Å². The Morgan fingerprint density at radius 3 is 3.05 bits per heavy atom. The molecule has 1 saturated heterocycles. The lowest BCUT2D eigenvalue weighted by atomic mass is 10.2. The van der Waals surface area contributed by atoms with Crippen molar-refractivity contribution < 1.29 is 13.9 Å². The van der Waals surface area contributed by atoms with Gasteiger partial charge in [-0.25, -0.2) is 0 Å². The Bertz CT molecular complexity index is 657. The van der Waals surface area contributed by atoms with Crippen LogP contribution in [0.5, 0.6) is 0 Å². The number of hydrogen-bond donors (Lipinski definition) is 0. The highest BCUT2D eigenvalue weighted by Gasteiger charge is 2.28. The number of carbonyl (C=O) groups is 1. The Balaban J connectivity index is 1.55. The van der Waals surface area contributed by atoms with Crippen molar-refractivity contribution in [1.82, 2.24) is 15.1 Å². The van der Waals surface area contributed by atoms with Gasteiger partial charge in [0.25, 0.3) is 0 Å². The van der Waals surface area contributed by atoms with E-state index in [0.717, 1.165) is 9.21 Å². The number of amides is 1. The van der Waals surface area contributed by atoms with E-state index in [-0.39, 0.29) is 12.0 Å². The van der Waals surface area contributed by atoms with Crippen molar-refractivity contribution in [3.05, 3.63) is 33.1 Å². The van der Waals surface area contributed by atoms with Crippen LogP contribution >= 0.6 is 22.9 Å². The van der Waals surface area contributed by atoms with Crippen LogP contribution in [0.1, 0.15) is 29.2 Å². The van der Waals surface area contributed by atoms with Gasteiger partial charge in [0.05, 0.1) is 17.5 Å². The number of hydrogen-bond acceptors (Lipinski definition) is 6. The second-order valence-corrected chi connectivity index (χ2v) is 6.86. The van der Waals surface area contributed by atoms with Crippen molar-refractivity contribution in [1.29, 1.82) is 0 Å². The molecule has 8 heteroatoms. The quantitative estimate of drug-likeness (QED) is 0.855. The first-order chi connectivity index (χ1) is 10.6. The number of rotatable bonds is 4. The van der Waals surface area contributed by atoms with Gasteiger partial charge in [-0.1, -0.05) is 11.6 Å². The maximum atomic E-state index is 12.3. The van der Waals surface area contributed by atoms with E-state index in [2.05, 4.69) is 10.2 Å². The van der Waals surface area contributed by atoms with Crippen LogP contribution in [-0.2, 0) is 16.0 Å². The van der Waals surface area contributed by atoms with Gasteiger partial charge in [-0.05, 0) is 18.6 Å². The topological polar surface area (TPSA) is 68.5 Å². The van der Waals surface area contributed by atoms with Crippen molar-refractivity contribution in [3.8, 4) is 0 Å². The Hall–Kier alpha value is -1.44. The van der Waals surface area contributed by atoms with E-state index in [0.29, 0.717) is 44.3 Å². The summed E-state index contributed by atoms with van der Waals surface area (Å²) in [5, 5.41) is 7.77. The third-order valence-electron chi connectivity index (χ3n) is 3.45. The molecule has 22 heavy (non-hydrogen) atoms. The smallest absolute Gasteiger partial charge is 0.246 e. The Labute approximate surface area is 137 Å². The van der Waals surface area contributed by atoms with E-state index in [1.807, 2.05) is 12.1 Å². The first-order valence-electron chi connectivity index (χ1n) is 7.05. The van der Waals surface area contributed by atoms with E-state index >= 15 is 0 Å². The van der Waals surface area contributed by atoms with E-state index in [1.165, 1.54) is 11.3 Å². The van der Waals surface area contributed by atoms with Gasteiger partial charge in [0.15, 0.2) is 6.10 Å². The number of nitrogens with zero attached hydrogens (tertiary/aromatic N) is 3. The SMILES string of the molecule is Cc1nnc([C@H]2CN(C(=O)CCc3ccc(Cl)s3)CCO2)o1. The van der Waals surface area contributed by atoms with Gasteiger partial charge in [0, 0.05) is 24.8 Å². The van der Waals surface area contributed by atoms with Crippen molar-refractivity contribution in [3.63, 3.8) is 0 Å². The predicted octanol–water partition coefficient (Wildman–Crippen LogP) is 2.63. The summed E-state index contributed by atoms with van der Waals surface area (Å²) in [5.41, 5.74) is 0. The first-order valence-corrected chi connectivity index (χ1v) is 8.25. The molecule has 2 aromatic heterocycles. The second-order valence-electron chi connectivity index (χ2n) is 5.06. The van der Waals surface area contributed by atoms with Gasteiger partial charge in [0.2, 0.25) is 17.7 Å². The summed E-state index contributed by atoms with van der Waals surface area (Å²) in [6, 6.07) is 3.82. The second kappa shape index (κ2) is 6.76. The minimum Gasteiger partial charge on any atom is -0.423 e. The fourth-order valence-electron chi connectivity index (χ4n) is 2.34. The number of thiophene rings is 1. The summed E-state index contributed by atoms with van der Waals surface area (Å²) in [6.45, 7) is 3.25. The molecule has 2 aromatic rings. The maximum absolute atomic E-state index is 12.3. The van der Waals surface area contributed by atoms with Crippen molar-refractivity contribution in [2.24, 2.45) is 0 Å². The summed E-state index contributed by atoms with van der Waals surface area (Å²) in [7, 11) is 0. The Morgan fingerprint density at radius 1 is 1.50 bits per heavy atom.